The van der Waals surface area contributed by atoms with Crippen LogP contribution in [0.4, 0.5) is 0 Å². The molecule has 6 nitrogen and oxygen atoms in total. The second-order valence-corrected chi connectivity index (χ2v) is 5.41. The first-order valence-corrected chi connectivity index (χ1v) is 6.90. The van der Waals surface area contributed by atoms with Crippen molar-refractivity contribution in [1.82, 2.24) is 14.9 Å². The zero-order valence-corrected chi connectivity index (χ0v) is 12.2. The minimum Gasteiger partial charge on any atom is -0.365 e. The Morgan fingerprint density at radius 2 is 2.30 bits per heavy atom. The van der Waals surface area contributed by atoms with Gasteiger partial charge >= 0.3 is 5.69 Å². The third kappa shape index (κ3) is 3.07. The average Bonchev–Trinajstić information content (AvgIpc) is 2.80. The van der Waals surface area contributed by atoms with E-state index in [9.17, 15) is 9.59 Å². The SMILES string of the molecule is Cc1cc(C)n(CCNC(=O)[C@@]2(C)CCCO2)c(=O)n1. The molecule has 0 spiro atoms. The molecule has 0 saturated carbocycles. The lowest BCUT2D eigenvalue weighted by Crippen LogP contribution is -2.45. The molecule has 0 unspecified atom stereocenters. The van der Waals surface area contributed by atoms with Crippen LogP contribution in [0.2, 0.25) is 0 Å². The Morgan fingerprint density at radius 1 is 1.55 bits per heavy atom. The number of hydrogen-bond donors (Lipinski definition) is 1. The summed E-state index contributed by atoms with van der Waals surface area (Å²) in [6, 6.07) is 1.85. The zero-order chi connectivity index (χ0) is 14.8. The molecule has 0 aromatic carbocycles. The molecule has 1 aliphatic rings. The summed E-state index contributed by atoms with van der Waals surface area (Å²) in [5.41, 5.74) is 0.561. The van der Waals surface area contributed by atoms with E-state index in [0.717, 1.165) is 18.5 Å². The molecular formula is C14H21N3O3. The topological polar surface area (TPSA) is 73.2 Å². The maximum atomic E-state index is 12.0. The molecule has 1 fully saturated rings. The van der Waals surface area contributed by atoms with E-state index in [2.05, 4.69) is 10.3 Å². The van der Waals surface area contributed by atoms with Crippen LogP contribution in [0.25, 0.3) is 0 Å². The molecule has 1 saturated heterocycles. The van der Waals surface area contributed by atoms with Crippen molar-refractivity contribution in [3.05, 3.63) is 27.9 Å². The summed E-state index contributed by atoms with van der Waals surface area (Å²) in [5, 5.41) is 2.83. The van der Waals surface area contributed by atoms with E-state index in [0.29, 0.717) is 25.4 Å². The van der Waals surface area contributed by atoms with Gasteiger partial charge in [-0.15, -0.1) is 0 Å². The summed E-state index contributed by atoms with van der Waals surface area (Å²) < 4.78 is 7.04. The van der Waals surface area contributed by atoms with E-state index in [1.165, 1.54) is 0 Å². The highest BCUT2D eigenvalue weighted by Gasteiger charge is 2.37. The lowest BCUT2D eigenvalue weighted by atomic mass is 10.0. The van der Waals surface area contributed by atoms with Gasteiger partial charge in [-0.25, -0.2) is 4.79 Å². The van der Waals surface area contributed by atoms with E-state index in [4.69, 9.17) is 4.74 Å². The molecule has 0 radical (unpaired) electrons. The van der Waals surface area contributed by atoms with Gasteiger partial charge in [0.25, 0.3) is 5.91 Å². The van der Waals surface area contributed by atoms with Crippen molar-refractivity contribution in [3.8, 4) is 0 Å². The van der Waals surface area contributed by atoms with Crippen LogP contribution in [0.5, 0.6) is 0 Å². The highest BCUT2D eigenvalue weighted by atomic mass is 16.5. The van der Waals surface area contributed by atoms with Crippen molar-refractivity contribution >= 4 is 5.91 Å². The molecule has 1 aromatic heterocycles. The zero-order valence-electron chi connectivity index (χ0n) is 12.2. The van der Waals surface area contributed by atoms with E-state index < -0.39 is 5.60 Å². The summed E-state index contributed by atoms with van der Waals surface area (Å²) in [5.74, 6) is -0.110. The lowest BCUT2D eigenvalue weighted by molar-refractivity contribution is -0.139. The van der Waals surface area contributed by atoms with Gasteiger partial charge in [0.15, 0.2) is 0 Å². The first-order valence-electron chi connectivity index (χ1n) is 6.90. The fraction of sp³-hybridized carbons (Fsp3) is 0.643. The minimum atomic E-state index is -0.717. The van der Waals surface area contributed by atoms with Crippen molar-refractivity contribution in [1.29, 1.82) is 0 Å². The average molecular weight is 279 g/mol. The number of nitrogens with zero attached hydrogens (tertiary/aromatic N) is 2. The number of amides is 1. The van der Waals surface area contributed by atoms with Crippen LogP contribution < -0.4 is 11.0 Å². The molecule has 1 N–H and O–H groups in total. The van der Waals surface area contributed by atoms with Gasteiger partial charge in [-0.2, -0.15) is 4.98 Å². The van der Waals surface area contributed by atoms with Gasteiger partial charge in [0.05, 0.1) is 0 Å². The normalized spacial score (nSPS) is 21.9. The minimum absolute atomic E-state index is 0.110. The monoisotopic (exact) mass is 279 g/mol. The van der Waals surface area contributed by atoms with Crippen LogP contribution in [0.1, 0.15) is 31.2 Å². The summed E-state index contributed by atoms with van der Waals surface area (Å²) in [6.45, 7) is 6.89. The number of aromatic nitrogens is 2. The fourth-order valence-corrected chi connectivity index (χ4v) is 2.47. The number of rotatable bonds is 4. The highest BCUT2D eigenvalue weighted by Crippen LogP contribution is 2.24. The standard InChI is InChI=1S/C14H21N3O3/c1-10-9-11(2)17(13(19)16-10)7-6-15-12(18)14(3)5-4-8-20-14/h9H,4-8H2,1-3H3,(H,15,18)/t14-/m1/s1. The third-order valence-corrected chi connectivity index (χ3v) is 3.67. The van der Waals surface area contributed by atoms with E-state index >= 15 is 0 Å². The van der Waals surface area contributed by atoms with Crippen LogP contribution in [-0.4, -0.2) is 34.2 Å². The smallest absolute Gasteiger partial charge is 0.348 e. The number of carbonyl (C=O) groups is 1. The third-order valence-electron chi connectivity index (χ3n) is 3.67. The Morgan fingerprint density at radius 3 is 2.90 bits per heavy atom. The molecule has 2 heterocycles. The summed E-state index contributed by atoms with van der Waals surface area (Å²) >= 11 is 0. The van der Waals surface area contributed by atoms with Crippen LogP contribution in [0.3, 0.4) is 0 Å². The van der Waals surface area contributed by atoms with Crippen LogP contribution in [-0.2, 0) is 16.1 Å². The summed E-state index contributed by atoms with van der Waals surface area (Å²) in [4.78, 5) is 27.7. The molecule has 0 aliphatic carbocycles. The molecule has 110 valence electrons. The van der Waals surface area contributed by atoms with E-state index in [1.807, 2.05) is 13.0 Å². The van der Waals surface area contributed by atoms with Gasteiger partial charge in [-0.05, 0) is 39.7 Å². The molecule has 1 aromatic rings. The van der Waals surface area contributed by atoms with Crippen LogP contribution >= 0.6 is 0 Å². The first kappa shape index (κ1) is 14.7. The van der Waals surface area contributed by atoms with Crippen LogP contribution in [0.15, 0.2) is 10.9 Å². The maximum Gasteiger partial charge on any atom is 0.348 e. The maximum absolute atomic E-state index is 12.0. The number of nitrogens with one attached hydrogen (secondary N) is 1. The van der Waals surface area contributed by atoms with Crippen LogP contribution in [0, 0.1) is 13.8 Å². The largest absolute Gasteiger partial charge is 0.365 e. The summed E-state index contributed by atoms with van der Waals surface area (Å²) in [7, 11) is 0. The van der Waals surface area contributed by atoms with Gasteiger partial charge in [-0.1, -0.05) is 0 Å². The number of hydrogen-bond acceptors (Lipinski definition) is 4. The quantitative estimate of drug-likeness (QED) is 0.873. The number of aryl methyl sites for hydroxylation is 2. The number of ether oxygens (including phenoxy) is 1. The van der Waals surface area contributed by atoms with Gasteiger partial charge < -0.3 is 10.1 Å². The van der Waals surface area contributed by atoms with Crippen molar-refractivity contribution < 1.29 is 9.53 Å². The molecule has 20 heavy (non-hydrogen) atoms. The van der Waals surface area contributed by atoms with Gasteiger partial charge in [-0.3, -0.25) is 9.36 Å². The molecule has 1 atom stereocenters. The van der Waals surface area contributed by atoms with Crippen molar-refractivity contribution in [3.63, 3.8) is 0 Å². The van der Waals surface area contributed by atoms with E-state index in [1.54, 1.807) is 18.4 Å². The highest BCUT2D eigenvalue weighted by molar-refractivity contribution is 5.84. The summed E-state index contributed by atoms with van der Waals surface area (Å²) in [6.07, 6.45) is 1.65. The Bertz CT molecular complexity index is 559. The molecule has 1 aliphatic heterocycles. The second-order valence-electron chi connectivity index (χ2n) is 5.41. The predicted octanol–water partition coefficient (Wildman–Crippen LogP) is 0.545. The van der Waals surface area contributed by atoms with Gasteiger partial charge in [0, 0.05) is 31.1 Å². The van der Waals surface area contributed by atoms with Gasteiger partial charge in [0.1, 0.15) is 5.60 Å². The molecular weight excluding hydrogens is 258 g/mol. The Kier molecular flexibility index (Phi) is 4.23. The Labute approximate surface area is 118 Å². The first-order chi connectivity index (χ1) is 9.42. The molecule has 6 heteroatoms. The Hall–Kier alpha value is -1.69. The molecule has 2 rings (SSSR count). The molecule has 1 amide bonds. The predicted molar refractivity (Wildman–Crippen MR) is 74.6 cm³/mol. The molecule has 0 bridgehead atoms. The lowest BCUT2D eigenvalue weighted by Gasteiger charge is -2.22. The number of carbonyl (C=O) groups excluding carboxylic acids is 1. The van der Waals surface area contributed by atoms with Crippen molar-refractivity contribution in [2.24, 2.45) is 0 Å². The Balaban J connectivity index is 1.94. The van der Waals surface area contributed by atoms with E-state index in [-0.39, 0.29) is 11.6 Å². The van der Waals surface area contributed by atoms with Crippen molar-refractivity contribution in [2.75, 3.05) is 13.2 Å². The van der Waals surface area contributed by atoms with Gasteiger partial charge in [0.2, 0.25) is 0 Å². The fourth-order valence-electron chi connectivity index (χ4n) is 2.47. The second kappa shape index (κ2) is 5.75. The van der Waals surface area contributed by atoms with Crippen molar-refractivity contribution in [2.45, 2.75) is 45.8 Å².